The Hall–Kier alpha value is -3.03. The molecule has 0 aliphatic rings. The zero-order valence-electron chi connectivity index (χ0n) is 18.2. The topological polar surface area (TPSA) is 89.3 Å². The van der Waals surface area contributed by atoms with Crippen molar-refractivity contribution in [3.8, 4) is 17.1 Å². The summed E-state index contributed by atoms with van der Waals surface area (Å²) in [7, 11) is 0. The number of pyridine rings is 1. The monoisotopic (exact) mass is 450 g/mol. The van der Waals surface area contributed by atoms with Gasteiger partial charge in [0.1, 0.15) is 0 Å². The van der Waals surface area contributed by atoms with Crippen LogP contribution in [0.1, 0.15) is 12.5 Å². The molecule has 0 saturated carbocycles. The van der Waals surface area contributed by atoms with Gasteiger partial charge in [-0.1, -0.05) is 60.7 Å². The van der Waals surface area contributed by atoms with Crippen molar-refractivity contribution in [1.29, 1.82) is 0 Å². The first kappa shape index (κ1) is 23.6. The number of carbonyl (C=O) groups excluding carboxylic acids is 1. The summed E-state index contributed by atoms with van der Waals surface area (Å²) in [6.07, 6.45) is 0.0542. The lowest BCUT2D eigenvalue weighted by molar-refractivity contribution is -0.127. The van der Waals surface area contributed by atoms with Crippen LogP contribution in [0.2, 0.25) is 0 Å². The fraction of sp³-hybridized carbons (Fsp3) is 0.280. The van der Waals surface area contributed by atoms with Crippen LogP contribution >= 0.6 is 12.6 Å². The Balaban J connectivity index is 1.68. The Morgan fingerprint density at radius 3 is 2.44 bits per heavy atom. The number of nitrogens with two attached hydrogens (primary N) is 1. The zero-order chi connectivity index (χ0) is 22.8. The van der Waals surface area contributed by atoms with Crippen LogP contribution in [-0.2, 0) is 11.2 Å². The van der Waals surface area contributed by atoms with Gasteiger partial charge in [-0.15, -0.1) is 0 Å². The normalized spacial score (nSPS) is 12.6. The average Bonchev–Trinajstić information content (AvgIpc) is 2.84. The maximum atomic E-state index is 12.6. The molecule has 1 heterocycles. The summed E-state index contributed by atoms with van der Waals surface area (Å²) < 4.78 is 5.99. The molecule has 0 aliphatic carbocycles. The van der Waals surface area contributed by atoms with Crippen LogP contribution in [0.25, 0.3) is 11.3 Å². The van der Waals surface area contributed by atoms with Crippen molar-refractivity contribution >= 4 is 24.2 Å². The van der Waals surface area contributed by atoms with Gasteiger partial charge in [0.05, 0.1) is 11.4 Å². The van der Waals surface area contributed by atoms with Crippen molar-refractivity contribution in [1.82, 2.24) is 10.3 Å². The highest BCUT2D eigenvalue weighted by molar-refractivity contribution is 7.80. The van der Waals surface area contributed by atoms with Crippen LogP contribution in [0.3, 0.4) is 0 Å². The number of hydrogen-bond donors (Lipinski definition) is 4. The number of nitrogens with zero attached hydrogens (tertiary/aromatic N) is 1. The van der Waals surface area contributed by atoms with E-state index in [2.05, 4.69) is 28.2 Å². The van der Waals surface area contributed by atoms with Crippen molar-refractivity contribution in [2.45, 2.75) is 25.5 Å². The second-order valence-corrected chi connectivity index (χ2v) is 7.89. The fourth-order valence-electron chi connectivity index (χ4n) is 3.08. The van der Waals surface area contributed by atoms with Gasteiger partial charge >= 0.3 is 0 Å². The molecule has 6 nitrogen and oxygen atoms in total. The van der Waals surface area contributed by atoms with Crippen molar-refractivity contribution in [2.24, 2.45) is 5.73 Å². The molecule has 2 unspecified atom stereocenters. The molecule has 4 N–H and O–H groups in total. The van der Waals surface area contributed by atoms with E-state index in [1.54, 1.807) is 6.92 Å². The van der Waals surface area contributed by atoms with Gasteiger partial charge in [-0.05, 0) is 31.0 Å². The maximum absolute atomic E-state index is 12.6. The van der Waals surface area contributed by atoms with E-state index in [1.165, 1.54) is 5.56 Å². The number of rotatable bonds is 11. The Morgan fingerprint density at radius 2 is 1.75 bits per heavy atom. The van der Waals surface area contributed by atoms with Gasteiger partial charge in [-0.25, -0.2) is 4.98 Å². The molecule has 3 rings (SSSR count). The average molecular weight is 451 g/mol. The number of anilines is 1. The molecule has 0 aliphatic heterocycles. The van der Waals surface area contributed by atoms with Crippen molar-refractivity contribution in [2.75, 3.05) is 24.2 Å². The predicted octanol–water partition coefficient (Wildman–Crippen LogP) is 3.54. The number of hydrogen-bond acceptors (Lipinski definition) is 6. The van der Waals surface area contributed by atoms with Gasteiger partial charge in [-0.3, -0.25) is 4.79 Å². The van der Waals surface area contributed by atoms with E-state index in [4.69, 9.17) is 10.5 Å². The first-order valence-corrected chi connectivity index (χ1v) is 11.3. The molecule has 0 bridgehead atoms. The molecular formula is C25H30N4O2S. The second kappa shape index (κ2) is 12.1. The number of nitrogens with one attached hydrogen (secondary N) is 2. The highest BCUT2D eigenvalue weighted by Gasteiger charge is 2.18. The smallest absolute Gasteiger partial charge is 0.260 e. The fourth-order valence-corrected chi connectivity index (χ4v) is 3.21. The Labute approximate surface area is 195 Å². The van der Waals surface area contributed by atoms with Crippen LogP contribution in [0.15, 0.2) is 72.8 Å². The van der Waals surface area contributed by atoms with E-state index < -0.39 is 6.10 Å². The van der Waals surface area contributed by atoms with E-state index in [-0.39, 0.29) is 11.9 Å². The molecule has 0 saturated heterocycles. The predicted molar refractivity (Wildman–Crippen MR) is 133 cm³/mol. The van der Waals surface area contributed by atoms with E-state index in [0.29, 0.717) is 30.4 Å². The molecule has 1 aromatic heterocycles. The summed E-state index contributed by atoms with van der Waals surface area (Å²) in [5, 5.41) is 6.19. The molecule has 0 spiro atoms. The molecule has 0 radical (unpaired) electrons. The number of thiol groups is 1. The largest absolute Gasteiger partial charge is 0.463 e. The minimum Gasteiger partial charge on any atom is -0.463 e. The standard InChI is InChI=1S/C25H30N4O2S/c1-18(24(30)27-15-14-19-8-4-2-5-9-19)31-25-23(28-16-21(26)17-32)13-12-22(29-25)20-10-6-3-7-11-20/h2-13,18,21,28,32H,14-17,26H2,1H3,(H,27,30). The lowest BCUT2D eigenvalue weighted by Gasteiger charge is -2.19. The first-order valence-electron chi connectivity index (χ1n) is 10.7. The van der Waals surface area contributed by atoms with Gasteiger partial charge in [-0.2, -0.15) is 12.6 Å². The summed E-state index contributed by atoms with van der Waals surface area (Å²) in [6.45, 7) is 2.78. The number of aromatic nitrogens is 1. The third kappa shape index (κ3) is 7.00. The van der Waals surface area contributed by atoms with Gasteiger partial charge in [0.25, 0.3) is 5.91 Å². The lowest BCUT2D eigenvalue weighted by Crippen LogP contribution is -2.37. The summed E-state index contributed by atoms with van der Waals surface area (Å²) in [6, 6.07) is 23.6. The van der Waals surface area contributed by atoms with Gasteiger partial charge < -0.3 is 21.1 Å². The van der Waals surface area contributed by atoms with Crippen LogP contribution < -0.4 is 21.1 Å². The zero-order valence-corrected chi connectivity index (χ0v) is 19.1. The highest BCUT2D eigenvalue weighted by atomic mass is 32.1. The minimum atomic E-state index is -0.705. The van der Waals surface area contributed by atoms with Gasteiger partial charge in [0.2, 0.25) is 5.88 Å². The van der Waals surface area contributed by atoms with Gasteiger partial charge in [0.15, 0.2) is 6.10 Å². The third-order valence-electron chi connectivity index (χ3n) is 4.93. The molecule has 1 amide bonds. The molecule has 7 heteroatoms. The molecule has 2 atom stereocenters. The first-order chi connectivity index (χ1) is 15.6. The number of carbonyl (C=O) groups is 1. The SMILES string of the molecule is CC(Oc1nc(-c2ccccc2)ccc1NCC(N)CS)C(=O)NCCc1ccccc1. The molecule has 2 aromatic carbocycles. The van der Waals surface area contributed by atoms with Crippen LogP contribution in [0.4, 0.5) is 5.69 Å². The van der Waals surface area contributed by atoms with Crippen LogP contribution in [0.5, 0.6) is 5.88 Å². The number of benzene rings is 2. The van der Waals surface area contributed by atoms with Crippen molar-refractivity contribution in [3.05, 3.63) is 78.4 Å². The van der Waals surface area contributed by atoms with E-state index in [0.717, 1.165) is 17.7 Å². The summed E-state index contributed by atoms with van der Waals surface area (Å²) >= 11 is 4.23. The van der Waals surface area contributed by atoms with Crippen LogP contribution in [-0.4, -0.2) is 41.9 Å². The Morgan fingerprint density at radius 1 is 1.06 bits per heavy atom. The lowest BCUT2D eigenvalue weighted by atomic mass is 10.1. The molecule has 168 valence electrons. The Kier molecular flexibility index (Phi) is 8.95. The molecule has 32 heavy (non-hydrogen) atoms. The molecule has 3 aromatic rings. The van der Waals surface area contributed by atoms with E-state index in [1.807, 2.05) is 72.8 Å². The summed E-state index contributed by atoms with van der Waals surface area (Å²) in [4.78, 5) is 17.3. The van der Waals surface area contributed by atoms with Crippen molar-refractivity contribution in [3.63, 3.8) is 0 Å². The van der Waals surface area contributed by atoms with Gasteiger partial charge in [0, 0.05) is 30.4 Å². The quantitative estimate of drug-likeness (QED) is 0.336. The Bertz CT molecular complexity index is 986. The highest BCUT2D eigenvalue weighted by Crippen LogP contribution is 2.28. The van der Waals surface area contributed by atoms with E-state index in [9.17, 15) is 4.79 Å². The number of ether oxygens (including phenoxy) is 1. The number of amides is 1. The van der Waals surface area contributed by atoms with Crippen molar-refractivity contribution < 1.29 is 9.53 Å². The van der Waals surface area contributed by atoms with Crippen LogP contribution in [0, 0.1) is 0 Å². The summed E-state index contributed by atoms with van der Waals surface area (Å²) in [5.41, 5.74) is 9.57. The second-order valence-electron chi connectivity index (χ2n) is 7.53. The maximum Gasteiger partial charge on any atom is 0.260 e. The third-order valence-corrected chi connectivity index (χ3v) is 5.40. The summed E-state index contributed by atoms with van der Waals surface area (Å²) in [5.74, 6) is 0.730. The van der Waals surface area contributed by atoms with E-state index >= 15 is 0 Å². The molecule has 0 fully saturated rings. The molecular weight excluding hydrogens is 420 g/mol. The minimum absolute atomic E-state index is 0.112.